The van der Waals surface area contributed by atoms with Crippen molar-refractivity contribution in [3.05, 3.63) is 35.9 Å². The van der Waals surface area contributed by atoms with Gasteiger partial charge in [-0.25, -0.2) is 0 Å². The third-order valence-corrected chi connectivity index (χ3v) is 4.17. The van der Waals surface area contributed by atoms with E-state index in [1.54, 1.807) is 6.21 Å². The van der Waals surface area contributed by atoms with Gasteiger partial charge in [-0.3, -0.25) is 4.99 Å². The van der Waals surface area contributed by atoms with E-state index in [-0.39, 0.29) is 17.0 Å². The van der Waals surface area contributed by atoms with Crippen LogP contribution in [0.4, 0.5) is 0 Å². The highest BCUT2D eigenvalue weighted by Crippen LogP contribution is 2.39. The van der Waals surface area contributed by atoms with Crippen LogP contribution in [-0.4, -0.2) is 30.7 Å². The lowest BCUT2D eigenvalue weighted by Gasteiger charge is -2.32. The van der Waals surface area contributed by atoms with Gasteiger partial charge in [0.15, 0.2) is 0 Å². The van der Waals surface area contributed by atoms with Gasteiger partial charge in [-0.15, -0.1) is 0 Å². The van der Waals surface area contributed by atoms with Crippen molar-refractivity contribution in [2.45, 2.75) is 51.3 Å². The highest BCUT2D eigenvalue weighted by molar-refractivity contribution is 6.56. The number of nitrogens with one attached hydrogen (secondary N) is 1. The number of hydrogen-bond donors (Lipinski definition) is 1. The van der Waals surface area contributed by atoms with Crippen molar-refractivity contribution in [2.24, 2.45) is 4.99 Å². The zero-order valence-electron chi connectivity index (χ0n) is 13.2. The number of aliphatic imine (C=N–C) groups is 1. The standard InChI is InChI=1S/C16H23BN2O2/c1-15(2)16(3,4)21-17(20-15)14(10-18)12-19-11-13-8-6-5-7-9-13/h5-10,12,14,18H,11H2,1-4H3. The van der Waals surface area contributed by atoms with Gasteiger partial charge in [-0.2, -0.15) is 0 Å². The maximum absolute atomic E-state index is 7.59. The summed E-state index contributed by atoms with van der Waals surface area (Å²) in [6.07, 6.45) is 3.08. The summed E-state index contributed by atoms with van der Waals surface area (Å²) in [6, 6.07) is 10.0. The van der Waals surface area contributed by atoms with Gasteiger partial charge in [0.05, 0.1) is 23.6 Å². The van der Waals surface area contributed by atoms with Gasteiger partial charge >= 0.3 is 7.12 Å². The number of rotatable bonds is 5. The van der Waals surface area contributed by atoms with Crippen LogP contribution >= 0.6 is 0 Å². The van der Waals surface area contributed by atoms with E-state index in [1.807, 2.05) is 58.0 Å². The predicted octanol–water partition coefficient (Wildman–Crippen LogP) is 3.37. The molecule has 0 radical (unpaired) electrons. The van der Waals surface area contributed by atoms with Gasteiger partial charge < -0.3 is 14.7 Å². The highest BCUT2D eigenvalue weighted by Gasteiger charge is 2.53. The number of hydrogen-bond acceptors (Lipinski definition) is 4. The molecule has 1 fully saturated rings. The molecule has 1 saturated heterocycles. The van der Waals surface area contributed by atoms with Crippen molar-refractivity contribution < 1.29 is 9.31 Å². The van der Waals surface area contributed by atoms with E-state index in [0.29, 0.717) is 6.54 Å². The van der Waals surface area contributed by atoms with Crippen molar-refractivity contribution >= 4 is 19.5 Å². The summed E-state index contributed by atoms with van der Waals surface area (Å²) in [5.41, 5.74) is 0.379. The zero-order chi connectivity index (χ0) is 15.5. The fourth-order valence-corrected chi connectivity index (χ4v) is 2.10. The SMILES string of the molecule is CC1(C)OB(C(C=N)C=NCc2ccccc2)OC1(C)C. The van der Waals surface area contributed by atoms with Gasteiger partial charge in [0.2, 0.25) is 0 Å². The molecule has 1 aromatic rings. The maximum atomic E-state index is 7.59. The highest BCUT2D eigenvalue weighted by atomic mass is 16.7. The Morgan fingerprint density at radius 3 is 2.24 bits per heavy atom. The minimum absolute atomic E-state index is 0.269. The Kier molecular flexibility index (Phi) is 4.64. The third-order valence-electron chi connectivity index (χ3n) is 4.17. The Balaban J connectivity index is 2.00. The molecule has 1 unspecified atom stereocenters. The summed E-state index contributed by atoms with van der Waals surface area (Å²) < 4.78 is 11.9. The van der Waals surface area contributed by atoms with Crippen molar-refractivity contribution in [3.8, 4) is 0 Å². The fraction of sp³-hybridized carbons (Fsp3) is 0.500. The molecule has 1 N–H and O–H groups in total. The van der Waals surface area contributed by atoms with Crippen LogP contribution in [0.2, 0.25) is 5.82 Å². The lowest BCUT2D eigenvalue weighted by atomic mass is 9.73. The normalized spacial score (nSPS) is 21.6. The van der Waals surface area contributed by atoms with Crippen molar-refractivity contribution in [1.29, 1.82) is 5.41 Å². The first kappa shape index (κ1) is 15.9. The summed E-state index contributed by atoms with van der Waals surface area (Å²) in [4.78, 5) is 4.42. The smallest absolute Gasteiger partial charge is 0.403 e. The van der Waals surface area contributed by atoms with Gasteiger partial charge in [0.25, 0.3) is 0 Å². The van der Waals surface area contributed by atoms with E-state index in [9.17, 15) is 0 Å². The number of nitrogens with zero attached hydrogens (tertiary/aromatic N) is 1. The molecule has 0 saturated carbocycles. The molecule has 1 aliphatic heterocycles. The monoisotopic (exact) mass is 286 g/mol. The summed E-state index contributed by atoms with van der Waals surface area (Å²) in [5, 5.41) is 7.59. The Morgan fingerprint density at radius 2 is 1.71 bits per heavy atom. The Hall–Kier alpha value is -1.46. The largest absolute Gasteiger partial charge is 0.472 e. The quantitative estimate of drug-likeness (QED) is 0.666. The molecular formula is C16H23BN2O2. The molecule has 0 aromatic heterocycles. The predicted molar refractivity (Wildman–Crippen MR) is 87.3 cm³/mol. The van der Waals surface area contributed by atoms with E-state index in [1.165, 1.54) is 6.21 Å². The van der Waals surface area contributed by atoms with Gasteiger partial charge in [0.1, 0.15) is 0 Å². The molecule has 0 aliphatic carbocycles. The second kappa shape index (κ2) is 6.12. The van der Waals surface area contributed by atoms with E-state index < -0.39 is 7.12 Å². The van der Waals surface area contributed by atoms with Crippen LogP contribution in [0.25, 0.3) is 0 Å². The second-order valence-electron chi connectivity index (χ2n) is 6.34. The van der Waals surface area contributed by atoms with Crippen molar-refractivity contribution in [3.63, 3.8) is 0 Å². The first-order valence-electron chi connectivity index (χ1n) is 7.26. The van der Waals surface area contributed by atoms with Crippen LogP contribution in [0.1, 0.15) is 33.3 Å². The average molecular weight is 286 g/mol. The maximum Gasteiger partial charge on any atom is 0.472 e. The van der Waals surface area contributed by atoms with Crippen LogP contribution in [0, 0.1) is 5.41 Å². The molecule has 1 heterocycles. The topological polar surface area (TPSA) is 54.7 Å². The Labute approximate surface area is 127 Å². The molecule has 4 nitrogen and oxygen atoms in total. The molecule has 0 bridgehead atoms. The van der Waals surface area contributed by atoms with Crippen LogP contribution in [0.5, 0.6) is 0 Å². The lowest BCUT2D eigenvalue weighted by molar-refractivity contribution is 0.00578. The first-order chi connectivity index (χ1) is 9.86. The van der Waals surface area contributed by atoms with Crippen LogP contribution in [0.15, 0.2) is 35.3 Å². The van der Waals surface area contributed by atoms with E-state index in [4.69, 9.17) is 14.7 Å². The van der Waals surface area contributed by atoms with Gasteiger partial charge in [-0.1, -0.05) is 30.3 Å². The second-order valence-corrected chi connectivity index (χ2v) is 6.34. The van der Waals surface area contributed by atoms with Crippen LogP contribution in [0.3, 0.4) is 0 Å². The molecule has 21 heavy (non-hydrogen) atoms. The van der Waals surface area contributed by atoms with Crippen LogP contribution < -0.4 is 0 Å². The van der Waals surface area contributed by atoms with Gasteiger partial charge in [0, 0.05) is 12.4 Å². The summed E-state index contributed by atoms with van der Waals surface area (Å²) >= 11 is 0. The molecule has 1 aliphatic rings. The Bertz CT molecular complexity index is 498. The summed E-state index contributed by atoms with van der Waals surface area (Å²) in [7, 11) is -0.452. The Morgan fingerprint density at radius 1 is 1.14 bits per heavy atom. The van der Waals surface area contributed by atoms with Gasteiger partial charge in [-0.05, 0) is 33.3 Å². The minimum atomic E-state index is -0.452. The molecule has 112 valence electrons. The first-order valence-corrected chi connectivity index (χ1v) is 7.26. The molecule has 2 rings (SSSR count). The van der Waals surface area contributed by atoms with Crippen molar-refractivity contribution in [2.75, 3.05) is 0 Å². The lowest BCUT2D eigenvalue weighted by Crippen LogP contribution is -2.41. The molecule has 5 heteroatoms. The fourth-order valence-electron chi connectivity index (χ4n) is 2.10. The molecular weight excluding hydrogens is 263 g/mol. The molecule has 1 aromatic carbocycles. The zero-order valence-corrected chi connectivity index (χ0v) is 13.2. The summed E-state index contributed by atoms with van der Waals surface area (Å²) in [6.45, 7) is 8.64. The van der Waals surface area contributed by atoms with E-state index in [0.717, 1.165) is 5.56 Å². The number of benzene rings is 1. The molecule has 0 amide bonds. The molecule has 1 atom stereocenters. The van der Waals surface area contributed by atoms with Crippen LogP contribution in [-0.2, 0) is 15.9 Å². The average Bonchev–Trinajstić information content (AvgIpc) is 2.64. The van der Waals surface area contributed by atoms with E-state index >= 15 is 0 Å². The minimum Gasteiger partial charge on any atom is -0.403 e. The summed E-state index contributed by atoms with van der Waals surface area (Å²) in [5.74, 6) is -0.269. The molecule has 0 spiro atoms. The van der Waals surface area contributed by atoms with Crippen molar-refractivity contribution in [1.82, 2.24) is 0 Å². The van der Waals surface area contributed by atoms with E-state index in [2.05, 4.69) is 4.99 Å². The third kappa shape index (κ3) is 3.60.